The lowest BCUT2D eigenvalue weighted by Gasteiger charge is -2.23. The molecule has 2 aliphatic heterocycles. The van der Waals surface area contributed by atoms with Crippen LogP contribution in [0.2, 0.25) is 0 Å². The van der Waals surface area contributed by atoms with Crippen molar-refractivity contribution in [3.63, 3.8) is 0 Å². The van der Waals surface area contributed by atoms with E-state index in [1.54, 1.807) is 11.8 Å². The monoisotopic (exact) mass is 292 g/mol. The lowest BCUT2D eigenvalue weighted by atomic mass is 10.2. The van der Waals surface area contributed by atoms with Crippen molar-refractivity contribution in [2.45, 2.75) is 39.4 Å². The Balaban J connectivity index is 1.67. The van der Waals surface area contributed by atoms with Gasteiger partial charge in [0.25, 0.3) is 5.56 Å². The number of carbonyl (C=O) groups is 1. The molecule has 1 fully saturated rings. The molecule has 1 N–H and O–H groups in total. The van der Waals surface area contributed by atoms with Crippen LogP contribution < -0.4 is 5.56 Å². The zero-order chi connectivity index (χ0) is 15.0. The minimum Gasteiger partial charge on any atom is -0.450 e. The minimum absolute atomic E-state index is 0.0414. The van der Waals surface area contributed by atoms with Crippen LogP contribution in [0.4, 0.5) is 4.79 Å². The topological polar surface area (TPSA) is 78.5 Å². The van der Waals surface area contributed by atoms with Crippen molar-refractivity contribution in [2.24, 2.45) is 0 Å². The highest BCUT2D eigenvalue weighted by Gasteiger charge is 2.35. The number of hydrogen-bond donors (Lipinski definition) is 1. The number of rotatable bonds is 2. The number of carbonyl (C=O) groups excluding carboxylic acids is 1. The third-order valence-electron chi connectivity index (χ3n) is 4.14. The van der Waals surface area contributed by atoms with Crippen LogP contribution >= 0.6 is 0 Å². The summed E-state index contributed by atoms with van der Waals surface area (Å²) in [7, 11) is 0. The number of hydrogen-bond acceptors (Lipinski definition) is 5. The van der Waals surface area contributed by atoms with Gasteiger partial charge in [0.15, 0.2) is 0 Å². The second-order valence-corrected chi connectivity index (χ2v) is 5.57. The largest absolute Gasteiger partial charge is 0.450 e. The molecule has 1 aromatic rings. The van der Waals surface area contributed by atoms with E-state index in [4.69, 9.17) is 4.74 Å². The lowest BCUT2D eigenvalue weighted by molar-refractivity contribution is 0.110. The van der Waals surface area contributed by atoms with Crippen LogP contribution in [-0.2, 0) is 17.8 Å². The van der Waals surface area contributed by atoms with Gasteiger partial charge in [0, 0.05) is 32.2 Å². The lowest BCUT2D eigenvalue weighted by Crippen LogP contribution is -2.36. The van der Waals surface area contributed by atoms with Crippen LogP contribution in [0.3, 0.4) is 0 Å². The molecule has 1 unspecified atom stereocenters. The molecule has 2 aliphatic rings. The maximum atomic E-state index is 11.9. The molecule has 3 rings (SSSR count). The molecule has 1 amide bonds. The summed E-state index contributed by atoms with van der Waals surface area (Å²) in [4.78, 5) is 34.8. The number of aromatic nitrogens is 2. The number of nitrogens with one attached hydrogen (secondary N) is 1. The average Bonchev–Trinajstić information content (AvgIpc) is 3.04. The van der Waals surface area contributed by atoms with E-state index in [1.807, 2.05) is 6.92 Å². The minimum atomic E-state index is -0.247. The number of aromatic amines is 1. The van der Waals surface area contributed by atoms with Gasteiger partial charge in [-0.25, -0.2) is 9.78 Å². The molecule has 0 spiro atoms. The molecule has 7 nitrogen and oxygen atoms in total. The Morgan fingerprint density at radius 1 is 1.48 bits per heavy atom. The van der Waals surface area contributed by atoms with E-state index >= 15 is 0 Å². The summed E-state index contributed by atoms with van der Waals surface area (Å²) in [5, 5.41) is 0. The van der Waals surface area contributed by atoms with Crippen LogP contribution in [0.1, 0.15) is 30.4 Å². The first-order chi connectivity index (χ1) is 10.1. The van der Waals surface area contributed by atoms with Crippen molar-refractivity contribution in [1.82, 2.24) is 19.8 Å². The average molecular weight is 292 g/mol. The smallest absolute Gasteiger partial charge is 0.409 e. The molecule has 0 bridgehead atoms. The summed E-state index contributed by atoms with van der Waals surface area (Å²) >= 11 is 0. The van der Waals surface area contributed by atoms with Gasteiger partial charge in [0.2, 0.25) is 0 Å². The Morgan fingerprint density at radius 3 is 3.05 bits per heavy atom. The van der Waals surface area contributed by atoms with Gasteiger partial charge in [0.1, 0.15) is 5.82 Å². The standard InChI is InChI=1S/C14H20N4O3/c1-3-21-14(20)17-5-4-10(6-17)18-7-11-12(8-18)15-9(2)16-13(11)19/h10H,3-8H2,1-2H3,(H,15,16,19). The highest BCUT2D eigenvalue weighted by atomic mass is 16.6. The highest BCUT2D eigenvalue weighted by Crippen LogP contribution is 2.25. The first kappa shape index (κ1) is 14.1. The summed E-state index contributed by atoms with van der Waals surface area (Å²) in [6.07, 6.45) is 0.660. The first-order valence-corrected chi connectivity index (χ1v) is 7.33. The highest BCUT2D eigenvalue weighted by molar-refractivity contribution is 5.68. The van der Waals surface area contributed by atoms with Gasteiger partial charge in [-0.1, -0.05) is 0 Å². The van der Waals surface area contributed by atoms with Crippen LogP contribution in [0.5, 0.6) is 0 Å². The van der Waals surface area contributed by atoms with Crippen LogP contribution in [0.15, 0.2) is 4.79 Å². The summed E-state index contributed by atoms with van der Waals surface area (Å²) in [6, 6.07) is 0.267. The van der Waals surface area contributed by atoms with Gasteiger partial charge in [0.05, 0.1) is 17.9 Å². The first-order valence-electron chi connectivity index (χ1n) is 7.33. The molecule has 0 aromatic carbocycles. The molecule has 0 saturated carbocycles. The molecule has 1 aromatic heterocycles. The molecular formula is C14H20N4O3. The third-order valence-corrected chi connectivity index (χ3v) is 4.14. The maximum Gasteiger partial charge on any atom is 0.409 e. The molecule has 3 heterocycles. The Kier molecular flexibility index (Phi) is 3.67. The van der Waals surface area contributed by atoms with E-state index < -0.39 is 0 Å². The van der Waals surface area contributed by atoms with Gasteiger partial charge in [-0.2, -0.15) is 0 Å². The van der Waals surface area contributed by atoms with Crippen molar-refractivity contribution in [2.75, 3.05) is 19.7 Å². The normalized spacial score (nSPS) is 21.6. The second-order valence-electron chi connectivity index (χ2n) is 5.57. The molecular weight excluding hydrogens is 272 g/mol. The number of nitrogens with zero attached hydrogens (tertiary/aromatic N) is 3. The quantitative estimate of drug-likeness (QED) is 0.864. The van der Waals surface area contributed by atoms with Crippen molar-refractivity contribution < 1.29 is 9.53 Å². The number of ether oxygens (including phenoxy) is 1. The van der Waals surface area contributed by atoms with Gasteiger partial charge >= 0.3 is 6.09 Å². The van der Waals surface area contributed by atoms with E-state index in [9.17, 15) is 9.59 Å². The Labute approximate surface area is 122 Å². The Morgan fingerprint density at radius 2 is 2.29 bits per heavy atom. The number of fused-ring (bicyclic) bond motifs is 1. The summed E-state index contributed by atoms with van der Waals surface area (Å²) in [5.74, 6) is 0.653. The van der Waals surface area contributed by atoms with E-state index in [0.717, 1.165) is 17.7 Å². The third kappa shape index (κ3) is 2.65. The van der Waals surface area contributed by atoms with Gasteiger partial charge in [-0.3, -0.25) is 9.69 Å². The number of likely N-dealkylation sites (tertiary alicyclic amines) is 1. The summed E-state index contributed by atoms with van der Waals surface area (Å²) < 4.78 is 5.03. The molecule has 1 atom stereocenters. The molecule has 7 heteroatoms. The zero-order valence-electron chi connectivity index (χ0n) is 12.4. The number of H-pyrrole nitrogens is 1. The maximum absolute atomic E-state index is 11.9. The molecule has 114 valence electrons. The van der Waals surface area contributed by atoms with E-state index in [2.05, 4.69) is 14.9 Å². The predicted molar refractivity (Wildman–Crippen MR) is 75.8 cm³/mol. The zero-order valence-corrected chi connectivity index (χ0v) is 12.4. The van der Waals surface area contributed by atoms with Gasteiger partial charge in [-0.15, -0.1) is 0 Å². The van der Waals surface area contributed by atoms with Crippen LogP contribution in [-0.4, -0.2) is 51.6 Å². The van der Waals surface area contributed by atoms with Crippen LogP contribution in [0.25, 0.3) is 0 Å². The molecule has 21 heavy (non-hydrogen) atoms. The fourth-order valence-electron chi connectivity index (χ4n) is 3.09. The fourth-order valence-corrected chi connectivity index (χ4v) is 3.09. The second kappa shape index (κ2) is 5.48. The SMILES string of the molecule is CCOC(=O)N1CCC(N2Cc3nc(C)[nH]c(=O)c3C2)C1. The van der Waals surface area contributed by atoms with Crippen molar-refractivity contribution >= 4 is 6.09 Å². The summed E-state index contributed by atoms with van der Waals surface area (Å²) in [5.41, 5.74) is 1.58. The Hall–Kier alpha value is -1.89. The fraction of sp³-hybridized carbons (Fsp3) is 0.643. The predicted octanol–water partition coefficient (Wildman–Crippen LogP) is 0.625. The molecule has 0 aliphatic carbocycles. The molecule has 0 radical (unpaired) electrons. The molecule has 1 saturated heterocycles. The van der Waals surface area contributed by atoms with Gasteiger partial charge < -0.3 is 14.6 Å². The van der Waals surface area contributed by atoms with E-state index in [0.29, 0.717) is 38.6 Å². The Bertz CT molecular complexity index is 613. The van der Waals surface area contributed by atoms with Gasteiger partial charge in [-0.05, 0) is 20.3 Å². The van der Waals surface area contributed by atoms with E-state index in [1.165, 1.54) is 0 Å². The van der Waals surface area contributed by atoms with Crippen molar-refractivity contribution in [1.29, 1.82) is 0 Å². The van der Waals surface area contributed by atoms with Crippen LogP contribution in [0, 0.1) is 6.92 Å². The van der Waals surface area contributed by atoms with Crippen molar-refractivity contribution in [3.05, 3.63) is 27.4 Å². The summed E-state index contributed by atoms with van der Waals surface area (Å²) in [6.45, 7) is 6.66. The van der Waals surface area contributed by atoms with Crippen molar-refractivity contribution in [3.8, 4) is 0 Å². The number of aryl methyl sites for hydroxylation is 1. The van der Waals surface area contributed by atoms with E-state index in [-0.39, 0.29) is 17.7 Å². The number of amides is 1.